The summed E-state index contributed by atoms with van der Waals surface area (Å²) in [6.07, 6.45) is 5.41. The summed E-state index contributed by atoms with van der Waals surface area (Å²) in [5.74, 6) is -1.11. The van der Waals surface area contributed by atoms with Crippen molar-refractivity contribution in [3.8, 4) is 0 Å². The van der Waals surface area contributed by atoms with Crippen LogP contribution in [0.4, 0.5) is 5.69 Å². The van der Waals surface area contributed by atoms with Crippen molar-refractivity contribution in [2.24, 2.45) is 17.8 Å². The van der Waals surface area contributed by atoms with Gasteiger partial charge in [-0.3, -0.25) is 59.6 Å². The molecule has 8 amide bonds. The number of hydrogen-bond acceptors (Lipinski definition) is 10. The van der Waals surface area contributed by atoms with Crippen LogP contribution in [0.2, 0.25) is 0 Å². The highest BCUT2D eigenvalue weighted by Gasteiger charge is 2.70. The molecule has 6 aromatic carbocycles. The molecular weight excluding hydrogens is 1320 g/mol. The number of halogens is 2. The fourth-order valence-corrected chi connectivity index (χ4v) is 10.2. The molecule has 3 saturated heterocycles. The number of nitrogens with two attached hydrogens (primary N) is 1. The summed E-state index contributed by atoms with van der Waals surface area (Å²) in [6.45, 7) is 26.4. The Balaban J connectivity index is 0.000000344. The predicted octanol–water partition coefficient (Wildman–Crippen LogP) is 13.4. The average Bonchev–Trinajstić information content (AvgIpc) is 1.56. The highest BCUT2D eigenvalue weighted by atomic mass is 128. The molecule has 0 bridgehead atoms. The van der Waals surface area contributed by atoms with E-state index >= 15 is 0 Å². The van der Waals surface area contributed by atoms with Gasteiger partial charge in [0.2, 0.25) is 23.6 Å². The average molecular weight is 1410 g/mol. The summed E-state index contributed by atoms with van der Waals surface area (Å²) in [4.78, 5) is 89.8. The van der Waals surface area contributed by atoms with Crippen LogP contribution in [0, 0.1) is 17.8 Å². The summed E-state index contributed by atoms with van der Waals surface area (Å²) in [5.41, 5.74) is 11.6. The van der Waals surface area contributed by atoms with Gasteiger partial charge < -0.3 is 11.1 Å². The summed E-state index contributed by atoms with van der Waals surface area (Å²) in [5, 5.41) is 12.6. The number of hydrogen-bond donors (Lipinski definition) is 6. The van der Waals surface area contributed by atoms with Gasteiger partial charge >= 0.3 is 0 Å². The van der Waals surface area contributed by atoms with E-state index in [1.807, 2.05) is 210 Å². The zero-order valence-corrected chi connectivity index (χ0v) is 56.7. The van der Waals surface area contributed by atoms with Crippen molar-refractivity contribution in [2.45, 2.75) is 119 Å². The Kier molecular flexibility index (Phi) is 34.3. The zero-order chi connectivity index (χ0) is 65.2. The normalized spacial score (nSPS) is 21.9. The van der Waals surface area contributed by atoms with Crippen LogP contribution in [0.25, 0.3) is 11.1 Å². The molecule has 6 unspecified atom stereocenters. The third-order valence-corrected chi connectivity index (χ3v) is 14.3. The number of fused-ring (bicyclic) bond motifs is 3. The van der Waals surface area contributed by atoms with Crippen LogP contribution < -0.4 is 32.3 Å². The van der Waals surface area contributed by atoms with Crippen LogP contribution in [0.5, 0.6) is 0 Å². The van der Waals surface area contributed by atoms with E-state index in [-0.39, 0.29) is 59.1 Å². The second-order valence-electron chi connectivity index (χ2n) is 18.8. The van der Waals surface area contributed by atoms with Gasteiger partial charge in [-0.2, -0.15) is 0 Å². The van der Waals surface area contributed by atoms with Crippen molar-refractivity contribution in [1.29, 1.82) is 0 Å². The lowest BCUT2D eigenvalue weighted by Gasteiger charge is -2.10. The van der Waals surface area contributed by atoms with Gasteiger partial charge in [-0.05, 0) is 71.7 Å². The molecule has 0 aromatic heterocycles. The van der Waals surface area contributed by atoms with E-state index in [0.29, 0.717) is 29.4 Å². The summed E-state index contributed by atoms with van der Waals surface area (Å²) in [7, 11) is 0. The molecular formula is C71H88I2N6O8. The number of anilines is 1. The van der Waals surface area contributed by atoms with Gasteiger partial charge in [0.05, 0.1) is 33.8 Å². The van der Waals surface area contributed by atoms with Crippen LogP contribution in [-0.4, -0.2) is 60.3 Å². The molecule has 3 saturated carbocycles. The van der Waals surface area contributed by atoms with Gasteiger partial charge in [-0.1, -0.05) is 253 Å². The molecule has 8 aliphatic rings. The van der Waals surface area contributed by atoms with E-state index in [2.05, 4.69) is 94.1 Å². The first kappa shape index (κ1) is 75.7. The monoisotopic (exact) mass is 1410 g/mol. The van der Waals surface area contributed by atoms with Crippen molar-refractivity contribution < 1.29 is 38.4 Å². The van der Waals surface area contributed by atoms with E-state index in [9.17, 15) is 38.4 Å². The zero-order valence-electron chi connectivity index (χ0n) is 52.3. The highest BCUT2D eigenvalue weighted by Crippen LogP contribution is 2.59. The van der Waals surface area contributed by atoms with E-state index in [1.54, 1.807) is 29.8 Å². The minimum absolute atomic E-state index is 0.112. The van der Waals surface area contributed by atoms with Gasteiger partial charge in [0.15, 0.2) is 0 Å². The molecule has 6 fully saturated rings. The van der Waals surface area contributed by atoms with Crippen LogP contribution in [0.3, 0.4) is 0 Å². The Morgan fingerprint density at radius 2 is 0.690 bits per heavy atom. The maximum absolute atomic E-state index is 11.6. The third-order valence-electron chi connectivity index (χ3n) is 14.3. The maximum atomic E-state index is 11.6. The van der Waals surface area contributed by atoms with E-state index < -0.39 is 10.8 Å². The van der Waals surface area contributed by atoms with E-state index in [1.165, 1.54) is 31.7 Å². The fraction of sp³-hybridized carbons (Fsp3) is 0.324. The van der Waals surface area contributed by atoms with Crippen LogP contribution in [0.1, 0.15) is 130 Å². The lowest BCUT2D eigenvalue weighted by Crippen LogP contribution is -2.30. The number of para-hydroxylation sites is 1. The minimum Gasteiger partial charge on any atom is -0.399 e. The van der Waals surface area contributed by atoms with Gasteiger partial charge in [0, 0.05) is 67.0 Å². The molecule has 0 radical (unpaired) electrons. The van der Waals surface area contributed by atoms with Crippen LogP contribution >= 0.6 is 37.2 Å². The third kappa shape index (κ3) is 19.8. The molecule has 14 rings (SSSR count). The largest absolute Gasteiger partial charge is 0.399 e. The van der Waals surface area contributed by atoms with E-state index in [0.717, 1.165) is 33.9 Å². The number of carbonyl (C=O) groups excluding carboxylic acids is 8. The second kappa shape index (κ2) is 39.4. The first-order valence-electron chi connectivity index (χ1n) is 30.1. The lowest BCUT2D eigenvalue weighted by molar-refractivity contribution is -0.129. The maximum Gasteiger partial charge on any atom is 0.258 e. The molecule has 0 spiro atoms. The predicted molar refractivity (Wildman–Crippen MR) is 370 cm³/mol. The topological polar surface area (TPSA) is 223 Å². The molecule has 14 nitrogen and oxygen atoms in total. The van der Waals surface area contributed by atoms with Crippen LogP contribution in [0.15, 0.2) is 194 Å². The first-order chi connectivity index (χ1) is 42.4. The Morgan fingerprint density at radius 1 is 0.391 bits per heavy atom. The molecule has 87 heavy (non-hydrogen) atoms. The van der Waals surface area contributed by atoms with Gasteiger partial charge in [0.25, 0.3) is 23.6 Å². The number of nitrogens with one attached hydrogen (secondary N) is 5. The smallest absolute Gasteiger partial charge is 0.258 e. The minimum atomic E-state index is -0.516. The molecule has 6 aromatic rings. The molecule has 7 N–H and O–H groups in total. The van der Waals surface area contributed by atoms with Crippen molar-refractivity contribution >= 4 is 101 Å². The number of benzene rings is 6. The standard InChI is InChI=1S/2C11H9NO2.C11H13N.2C10H7NO2.C6H7N.6C2H6.I2/c2*13-9-8-6-11(8,10(14)12-9)7-4-2-1-3-5-7;1-2-4-9(5-3-1)11-6-10(11)7-12-8-11;2*12-9-6-8(10(13)11-9)7-4-2-1-3-5-7;7-6-4-2-1-3-5-6;7*1-2/h2*1-5,8H,6H2,(H,12,13,14);1-5,10,12H,6-8H2;2*1-6H,(H,11,12,13);1-5H,7H2;6*1-2H3;. The van der Waals surface area contributed by atoms with Gasteiger partial charge in [-0.25, -0.2) is 0 Å². The Labute approximate surface area is 539 Å². The van der Waals surface area contributed by atoms with E-state index in [4.69, 9.17) is 5.73 Å². The molecule has 3 aliphatic carbocycles. The van der Waals surface area contributed by atoms with Crippen molar-refractivity contribution in [3.05, 3.63) is 222 Å². The second-order valence-corrected chi connectivity index (χ2v) is 18.8. The molecule has 5 aliphatic heterocycles. The van der Waals surface area contributed by atoms with Gasteiger partial charge in [0.1, 0.15) is 0 Å². The lowest BCUT2D eigenvalue weighted by atomic mass is 9.94. The van der Waals surface area contributed by atoms with Gasteiger partial charge in [-0.15, -0.1) is 0 Å². The highest BCUT2D eigenvalue weighted by molar-refractivity contribution is 15.0. The molecule has 5 heterocycles. The summed E-state index contributed by atoms with van der Waals surface area (Å²) < 4.78 is 0. The number of piperidine rings is 3. The Hall–Kier alpha value is -7.42. The molecule has 16 heteroatoms. The quantitative estimate of drug-likeness (QED) is 0.0544. The summed E-state index contributed by atoms with van der Waals surface area (Å²) in [6, 6.07) is 57.7. The molecule has 6 atom stereocenters. The number of nitrogen functional groups attached to an aromatic ring is 1. The van der Waals surface area contributed by atoms with Crippen molar-refractivity contribution in [2.75, 3.05) is 18.8 Å². The number of rotatable bonds is 5. The van der Waals surface area contributed by atoms with Crippen LogP contribution in [-0.2, 0) is 54.6 Å². The Morgan fingerprint density at radius 3 is 0.908 bits per heavy atom. The number of carbonyl (C=O) groups is 8. The number of imide groups is 4. The Bertz CT molecular complexity index is 3010. The van der Waals surface area contributed by atoms with Crippen molar-refractivity contribution in [3.63, 3.8) is 0 Å². The first-order valence-corrected chi connectivity index (χ1v) is 36.4. The number of amides is 8. The summed E-state index contributed by atoms with van der Waals surface area (Å²) >= 11 is 4.24. The van der Waals surface area contributed by atoms with Crippen molar-refractivity contribution in [1.82, 2.24) is 26.6 Å². The molecule has 464 valence electrons. The fourth-order valence-electron chi connectivity index (χ4n) is 10.2. The SMILES string of the molecule is CC.CC.CC.CC.CC.CC.II.Nc1ccccc1.O=C1C=C(c2ccccc2)C(=O)N1.O=C1C=C(c2ccccc2)C(=O)N1.O=C1NC(=O)C2(c3ccccc3)CC12.O=C1NC(=O)C2(c3ccccc3)CC12.c1ccc(C23CNCC2C3)cc1.